The maximum atomic E-state index is 4.59. The lowest BCUT2D eigenvalue weighted by molar-refractivity contribution is 1.33. The summed E-state index contributed by atoms with van der Waals surface area (Å²) in [4.78, 5) is 4.59. The normalized spacial score (nSPS) is 14.0. The zero-order chi connectivity index (χ0) is 15.1. The van der Waals surface area contributed by atoms with E-state index in [0.29, 0.717) is 0 Å². The van der Waals surface area contributed by atoms with Crippen LogP contribution in [0.2, 0.25) is 0 Å². The summed E-state index contributed by atoms with van der Waals surface area (Å²) in [5.41, 5.74) is 8.52. The summed E-state index contributed by atoms with van der Waals surface area (Å²) >= 11 is 3.49. The molecule has 22 heavy (non-hydrogen) atoms. The van der Waals surface area contributed by atoms with E-state index in [-0.39, 0.29) is 0 Å². The number of pyridine rings is 1. The molecule has 0 bridgehead atoms. The van der Waals surface area contributed by atoms with Gasteiger partial charge in [0.05, 0.1) is 5.69 Å². The molecule has 1 aromatic heterocycles. The average Bonchev–Trinajstić information content (AvgIpc) is 2.83. The first-order valence-corrected chi connectivity index (χ1v) is 8.06. The van der Waals surface area contributed by atoms with Crippen molar-refractivity contribution in [3.63, 3.8) is 0 Å². The second-order valence-corrected chi connectivity index (χ2v) is 6.47. The van der Waals surface area contributed by atoms with Gasteiger partial charge in [0, 0.05) is 21.8 Å². The van der Waals surface area contributed by atoms with Gasteiger partial charge in [0.1, 0.15) is 0 Å². The van der Waals surface area contributed by atoms with Crippen LogP contribution >= 0.6 is 15.9 Å². The van der Waals surface area contributed by atoms with Crippen LogP contribution in [0, 0.1) is 6.92 Å². The summed E-state index contributed by atoms with van der Waals surface area (Å²) in [6.45, 7) is 2.13. The van der Waals surface area contributed by atoms with Gasteiger partial charge in [-0.15, -0.1) is 0 Å². The molecule has 0 unspecified atom stereocenters. The molecule has 3 aromatic rings. The molecule has 2 heteroatoms. The monoisotopic (exact) mass is 347 g/mol. The van der Waals surface area contributed by atoms with Crippen LogP contribution in [0.25, 0.3) is 22.9 Å². The fourth-order valence-electron chi connectivity index (χ4n) is 2.95. The number of halogens is 1. The van der Waals surface area contributed by atoms with Crippen molar-refractivity contribution in [1.82, 2.24) is 4.98 Å². The number of aromatic nitrogens is 1. The summed E-state index contributed by atoms with van der Waals surface area (Å²) in [5, 5.41) is 0. The average molecular weight is 348 g/mol. The number of rotatable bonds is 1. The highest BCUT2D eigenvalue weighted by atomic mass is 79.9. The summed E-state index contributed by atoms with van der Waals surface area (Å²) in [6, 6.07) is 19.1. The smallest absolute Gasteiger partial charge is 0.0786 e. The van der Waals surface area contributed by atoms with E-state index in [1.807, 2.05) is 12.3 Å². The van der Waals surface area contributed by atoms with Gasteiger partial charge in [0.15, 0.2) is 0 Å². The predicted molar refractivity (Wildman–Crippen MR) is 95.5 cm³/mol. The van der Waals surface area contributed by atoms with E-state index in [2.05, 4.69) is 82.4 Å². The Labute approximate surface area is 138 Å². The van der Waals surface area contributed by atoms with Crippen molar-refractivity contribution in [2.45, 2.75) is 6.92 Å². The van der Waals surface area contributed by atoms with Gasteiger partial charge in [-0.2, -0.15) is 0 Å². The predicted octanol–water partition coefficient (Wildman–Crippen LogP) is 5.72. The number of hydrogen-bond donors (Lipinski definition) is 0. The van der Waals surface area contributed by atoms with Gasteiger partial charge in [-0.25, -0.2) is 0 Å². The second-order valence-electron chi connectivity index (χ2n) is 5.56. The van der Waals surface area contributed by atoms with Crippen LogP contribution in [-0.4, -0.2) is 4.98 Å². The SMILES string of the molecule is Cc1ccc2c(c1)C(=Cc1ccc(Br)cc1)c1cccnc1-2. The quantitative estimate of drug-likeness (QED) is 0.429. The van der Waals surface area contributed by atoms with Gasteiger partial charge in [-0.1, -0.05) is 57.9 Å². The highest BCUT2D eigenvalue weighted by Gasteiger charge is 2.24. The van der Waals surface area contributed by atoms with Gasteiger partial charge >= 0.3 is 0 Å². The minimum atomic E-state index is 1.08. The van der Waals surface area contributed by atoms with Gasteiger partial charge in [-0.05, 0) is 47.9 Å². The molecule has 0 amide bonds. The van der Waals surface area contributed by atoms with Crippen LogP contribution < -0.4 is 0 Å². The van der Waals surface area contributed by atoms with Crippen molar-refractivity contribution in [3.8, 4) is 11.3 Å². The zero-order valence-corrected chi connectivity index (χ0v) is 13.8. The Balaban J connectivity index is 1.96. The lowest BCUT2D eigenvalue weighted by Crippen LogP contribution is -1.83. The third kappa shape index (κ3) is 2.20. The molecule has 4 rings (SSSR count). The van der Waals surface area contributed by atoms with Gasteiger partial charge in [0.25, 0.3) is 0 Å². The van der Waals surface area contributed by atoms with E-state index in [1.54, 1.807) is 0 Å². The van der Waals surface area contributed by atoms with Crippen molar-refractivity contribution >= 4 is 27.6 Å². The molecular formula is C20H14BrN. The Kier molecular flexibility index (Phi) is 3.20. The minimum Gasteiger partial charge on any atom is -0.256 e. The molecular weight excluding hydrogens is 334 g/mol. The van der Waals surface area contributed by atoms with Crippen LogP contribution in [0.15, 0.2) is 65.3 Å². The Hall–Kier alpha value is -2.19. The Bertz CT molecular complexity index is 892. The Morgan fingerprint density at radius 1 is 0.909 bits per heavy atom. The maximum absolute atomic E-state index is 4.59. The summed E-state index contributed by atoms with van der Waals surface area (Å²) in [5.74, 6) is 0. The first kappa shape index (κ1) is 13.5. The first-order chi connectivity index (χ1) is 10.7. The molecule has 1 nitrogen and oxygen atoms in total. The molecule has 106 valence electrons. The fourth-order valence-corrected chi connectivity index (χ4v) is 3.22. The van der Waals surface area contributed by atoms with E-state index < -0.39 is 0 Å². The molecule has 1 heterocycles. The Morgan fingerprint density at radius 3 is 2.55 bits per heavy atom. The van der Waals surface area contributed by atoms with Crippen LogP contribution in [0.5, 0.6) is 0 Å². The molecule has 0 saturated heterocycles. The van der Waals surface area contributed by atoms with E-state index >= 15 is 0 Å². The summed E-state index contributed by atoms with van der Waals surface area (Å²) in [7, 11) is 0. The molecule has 0 radical (unpaired) electrons. The molecule has 0 spiro atoms. The van der Waals surface area contributed by atoms with Crippen LogP contribution in [0.1, 0.15) is 22.3 Å². The van der Waals surface area contributed by atoms with Crippen LogP contribution in [0.3, 0.4) is 0 Å². The maximum Gasteiger partial charge on any atom is 0.0786 e. The molecule has 0 saturated carbocycles. The van der Waals surface area contributed by atoms with E-state index in [9.17, 15) is 0 Å². The first-order valence-electron chi connectivity index (χ1n) is 7.26. The molecule has 0 aliphatic heterocycles. The third-order valence-corrected chi connectivity index (χ3v) is 4.53. The summed E-state index contributed by atoms with van der Waals surface area (Å²) < 4.78 is 1.10. The highest BCUT2D eigenvalue weighted by molar-refractivity contribution is 9.10. The van der Waals surface area contributed by atoms with Crippen molar-refractivity contribution in [1.29, 1.82) is 0 Å². The van der Waals surface area contributed by atoms with E-state index in [1.165, 1.54) is 33.4 Å². The van der Waals surface area contributed by atoms with Crippen molar-refractivity contribution in [2.24, 2.45) is 0 Å². The molecule has 0 N–H and O–H groups in total. The summed E-state index contributed by atoms with van der Waals surface area (Å²) in [6.07, 6.45) is 4.11. The number of aryl methyl sites for hydroxylation is 1. The number of benzene rings is 2. The second kappa shape index (κ2) is 5.22. The van der Waals surface area contributed by atoms with Gasteiger partial charge in [-0.3, -0.25) is 4.98 Å². The largest absolute Gasteiger partial charge is 0.256 e. The van der Waals surface area contributed by atoms with E-state index in [4.69, 9.17) is 0 Å². The fraction of sp³-hybridized carbons (Fsp3) is 0.0500. The molecule has 0 atom stereocenters. The standard InChI is InChI=1S/C20H14BrN/c1-13-4-9-17-18(11-13)19(16-3-2-10-22-20(16)17)12-14-5-7-15(21)8-6-14/h2-12H,1H3. The third-order valence-electron chi connectivity index (χ3n) is 4.00. The Morgan fingerprint density at radius 2 is 1.73 bits per heavy atom. The molecule has 2 aromatic carbocycles. The van der Waals surface area contributed by atoms with Gasteiger partial charge < -0.3 is 0 Å². The molecule has 1 aliphatic carbocycles. The molecule has 1 aliphatic rings. The van der Waals surface area contributed by atoms with Crippen molar-refractivity contribution in [2.75, 3.05) is 0 Å². The van der Waals surface area contributed by atoms with Crippen LogP contribution in [0.4, 0.5) is 0 Å². The van der Waals surface area contributed by atoms with Gasteiger partial charge in [0.2, 0.25) is 0 Å². The van der Waals surface area contributed by atoms with Crippen molar-refractivity contribution in [3.05, 3.63) is 87.5 Å². The number of nitrogens with zero attached hydrogens (tertiary/aromatic N) is 1. The topological polar surface area (TPSA) is 12.9 Å². The van der Waals surface area contributed by atoms with Crippen molar-refractivity contribution < 1.29 is 0 Å². The zero-order valence-electron chi connectivity index (χ0n) is 12.2. The number of fused-ring (bicyclic) bond motifs is 3. The minimum absolute atomic E-state index is 1.08. The van der Waals surface area contributed by atoms with E-state index in [0.717, 1.165) is 10.2 Å². The lowest BCUT2D eigenvalue weighted by Gasteiger charge is -2.04. The van der Waals surface area contributed by atoms with Crippen LogP contribution in [-0.2, 0) is 0 Å². The molecule has 0 fully saturated rings. The highest BCUT2D eigenvalue weighted by Crippen LogP contribution is 2.44. The number of hydrogen-bond acceptors (Lipinski definition) is 1. The lowest BCUT2D eigenvalue weighted by atomic mass is 10.00.